The fourth-order valence-corrected chi connectivity index (χ4v) is 2.81. The molecule has 1 atom stereocenters. The molecule has 3 rings (SSSR count). The smallest absolute Gasteiger partial charge is 0.319 e. The van der Waals surface area contributed by atoms with Crippen LogP contribution < -0.4 is 10.6 Å². The average Bonchev–Trinajstić information content (AvgIpc) is 3.04. The Kier molecular flexibility index (Phi) is 5.30. The van der Waals surface area contributed by atoms with Crippen molar-refractivity contribution in [3.8, 4) is 5.82 Å². The monoisotopic (exact) mass is 363 g/mol. The van der Waals surface area contributed by atoms with E-state index in [-0.39, 0.29) is 17.9 Å². The SMILES string of the molecule is CC(=O)c1cccc(NC(=O)NC(C)c2cnn(-c3ccccn3)c2C)c1. The molecule has 0 spiro atoms. The lowest BCUT2D eigenvalue weighted by molar-refractivity contribution is 0.101. The van der Waals surface area contributed by atoms with Crippen LogP contribution in [0.3, 0.4) is 0 Å². The number of pyridine rings is 1. The van der Waals surface area contributed by atoms with Gasteiger partial charge in [0.2, 0.25) is 0 Å². The number of hydrogen-bond acceptors (Lipinski definition) is 4. The van der Waals surface area contributed by atoms with Crippen LogP contribution in [0.5, 0.6) is 0 Å². The number of carbonyl (C=O) groups is 2. The summed E-state index contributed by atoms with van der Waals surface area (Å²) in [4.78, 5) is 28.1. The van der Waals surface area contributed by atoms with Crippen LogP contribution in [0.15, 0.2) is 54.9 Å². The van der Waals surface area contributed by atoms with Gasteiger partial charge in [0, 0.05) is 28.7 Å². The summed E-state index contributed by atoms with van der Waals surface area (Å²) in [7, 11) is 0. The maximum Gasteiger partial charge on any atom is 0.319 e. The van der Waals surface area contributed by atoms with Crippen molar-refractivity contribution in [1.82, 2.24) is 20.1 Å². The largest absolute Gasteiger partial charge is 0.331 e. The number of amides is 2. The van der Waals surface area contributed by atoms with Crippen molar-refractivity contribution in [2.24, 2.45) is 0 Å². The van der Waals surface area contributed by atoms with E-state index in [1.807, 2.05) is 32.0 Å². The molecule has 2 N–H and O–H groups in total. The first-order chi connectivity index (χ1) is 13.0. The van der Waals surface area contributed by atoms with Crippen LogP contribution >= 0.6 is 0 Å². The molecule has 7 nitrogen and oxygen atoms in total. The van der Waals surface area contributed by atoms with Crippen molar-refractivity contribution in [2.45, 2.75) is 26.8 Å². The van der Waals surface area contributed by atoms with Gasteiger partial charge in [-0.25, -0.2) is 14.5 Å². The zero-order valence-corrected chi connectivity index (χ0v) is 15.4. The molecule has 1 unspecified atom stereocenters. The first kappa shape index (κ1) is 18.3. The minimum Gasteiger partial charge on any atom is -0.331 e. The third-order valence-corrected chi connectivity index (χ3v) is 4.26. The maximum absolute atomic E-state index is 12.3. The predicted molar refractivity (Wildman–Crippen MR) is 103 cm³/mol. The molecular weight excluding hydrogens is 342 g/mol. The molecule has 0 aliphatic carbocycles. The molecule has 2 heterocycles. The van der Waals surface area contributed by atoms with Gasteiger partial charge < -0.3 is 10.6 Å². The summed E-state index contributed by atoms with van der Waals surface area (Å²) < 4.78 is 1.74. The van der Waals surface area contributed by atoms with Gasteiger partial charge in [-0.3, -0.25) is 4.79 Å². The highest BCUT2D eigenvalue weighted by Crippen LogP contribution is 2.19. The molecular formula is C20H21N5O2. The molecule has 2 aromatic heterocycles. The lowest BCUT2D eigenvalue weighted by atomic mass is 10.1. The molecule has 0 bridgehead atoms. The molecule has 3 aromatic rings. The normalized spacial score (nSPS) is 11.7. The van der Waals surface area contributed by atoms with Crippen LogP contribution in [-0.2, 0) is 0 Å². The number of aromatic nitrogens is 3. The summed E-state index contributed by atoms with van der Waals surface area (Å²) in [6.45, 7) is 5.31. The van der Waals surface area contributed by atoms with Crippen molar-refractivity contribution < 1.29 is 9.59 Å². The van der Waals surface area contributed by atoms with Crippen LogP contribution in [0.25, 0.3) is 5.82 Å². The molecule has 1 aromatic carbocycles. The second kappa shape index (κ2) is 7.82. The molecule has 0 saturated carbocycles. The van der Waals surface area contributed by atoms with E-state index in [2.05, 4.69) is 20.7 Å². The van der Waals surface area contributed by atoms with Crippen molar-refractivity contribution in [3.63, 3.8) is 0 Å². The van der Waals surface area contributed by atoms with Crippen LogP contribution in [0.2, 0.25) is 0 Å². The van der Waals surface area contributed by atoms with E-state index in [0.29, 0.717) is 11.3 Å². The Balaban J connectivity index is 1.69. The fraction of sp³-hybridized carbons (Fsp3) is 0.200. The Morgan fingerprint density at radius 1 is 1.15 bits per heavy atom. The molecule has 0 aliphatic heterocycles. The molecule has 138 valence electrons. The Hall–Kier alpha value is -3.48. The Morgan fingerprint density at radius 2 is 1.96 bits per heavy atom. The summed E-state index contributed by atoms with van der Waals surface area (Å²) in [6.07, 6.45) is 3.44. The lowest BCUT2D eigenvalue weighted by Crippen LogP contribution is -2.31. The second-order valence-corrected chi connectivity index (χ2v) is 6.24. The first-order valence-corrected chi connectivity index (χ1v) is 8.60. The summed E-state index contributed by atoms with van der Waals surface area (Å²) in [5.41, 5.74) is 2.91. The molecule has 27 heavy (non-hydrogen) atoms. The number of urea groups is 1. The molecule has 7 heteroatoms. The third kappa shape index (κ3) is 4.20. The zero-order chi connectivity index (χ0) is 19.4. The molecule has 2 amide bonds. The van der Waals surface area contributed by atoms with E-state index < -0.39 is 0 Å². The summed E-state index contributed by atoms with van der Waals surface area (Å²) in [5, 5.41) is 10.0. The third-order valence-electron chi connectivity index (χ3n) is 4.26. The summed E-state index contributed by atoms with van der Waals surface area (Å²) in [5.74, 6) is 0.670. The second-order valence-electron chi connectivity index (χ2n) is 6.24. The number of anilines is 1. The average molecular weight is 363 g/mol. The molecule has 0 radical (unpaired) electrons. The Morgan fingerprint density at radius 3 is 2.67 bits per heavy atom. The van der Waals surface area contributed by atoms with E-state index in [1.54, 1.807) is 41.3 Å². The number of nitrogens with one attached hydrogen (secondary N) is 2. The number of ketones is 1. The van der Waals surface area contributed by atoms with Gasteiger partial charge in [-0.2, -0.15) is 5.10 Å². The van der Waals surface area contributed by atoms with Gasteiger partial charge in [0.1, 0.15) is 0 Å². The van der Waals surface area contributed by atoms with Crippen LogP contribution in [0.1, 0.15) is 41.5 Å². The summed E-state index contributed by atoms with van der Waals surface area (Å²) >= 11 is 0. The van der Waals surface area contributed by atoms with Crippen molar-refractivity contribution in [2.75, 3.05) is 5.32 Å². The number of nitrogens with zero attached hydrogens (tertiary/aromatic N) is 3. The number of hydrogen-bond donors (Lipinski definition) is 2. The van der Waals surface area contributed by atoms with E-state index in [9.17, 15) is 9.59 Å². The quantitative estimate of drug-likeness (QED) is 0.677. The first-order valence-electron chi connectivity index (χ1n) is 8.60. The van der Waals surface area contributed by atoms with Crippen molar-refractivity contribution in [3.05, 3.63) is 71.7 Å². The van der Waals surface area contributed by atoms with Crippen LogP contribution in [-0.4, -0.2) is 26.6 Å². The van der Waals surface area contributed by atoms with Gasteiger partial charge in [-0.05, 0) is 45.0 Å². The van der Waals surface area contributed by atoms with Crippen LogP contribution in [0, 0.1) is 6.92 Å². The number of carbonyl (C=O) groups excluding carboxylic acids is 2. The summed E-state index contributed by atoms with van der Waals surface area (Å²) in [6, 6.07) is 11.8. The highest BCUT2D eigenvalue weighted by molar-refractivity contribution is 5.96. The molecule has 0 aliphatic rings. The topological polar surface area (TPSA) is 88.9 Å². The zero-order valence-electron chi connectivity index (χ0n) is 15.4. The van der Waals surface area contributed by atoms with Gasteiger partial charge in [0.05, 0.1) is 12.2 Å². The Labute approximate surface area is 157 Å². The van der Waals surface area contributed by atoms with Crippen molar-refractivity contribution >= 4 is 17.5 Å². The van der Waals surface area contributed by atoms with E-state index in [4.69, 9.17) is 0 Å². The maximum atomic E-state index is 12.3. The standard InChI is InChI=1S/C20H21N5O2/c1-13(18-12-22-25(14(18)2)19-9-4-5-10-21-19)23-20(27)24-17-8-6-7-16(11-17)15(3)26/h4-13H,1-3H3,(H2,23,24,27). The predicted octanol–water partition coefficient (Wildman–Crippen LogP) is 3.66. The van der Waals surface area contributed by atoms with Gasteiger partial charge >= 0.3 is 6.03 Å². The van der Waals surface area contributed by atoms with E-state index >= 15 is 0 Å². The highest BCUT2D eigenvalue weighted by atomic mass is 16.2. The van der Waals surface area contributed by atoms with Gasteiger partial charge in [-0.1, -0.05) is 18.2 Å². The Bertz CT molecular complexity index is 966. The lowest BCUT2D eigenvalue weighted by Gasteiger charge is -2.15. The molecule has 0 saturated heterocycles. The van der Waals surface area contributed by atoms with Crippen LogP contribution in [0.4, 0.5) is 10.5 Å². The van der Waals surface area contributed by atoms with E-state index in [0.717, 1.165) is 17.1 Å². The minimum atomic E-state index is -0.354. The highest BCUT2D eigenvalue weighted by Gasteiger charge is 2.17. The number of rotatable bonds is 5. The van der Waals surface area contributed by atoms with Gasteiger partial charge in [-0.15, -0.1) is 0 Å². The fourth-order valence-electron chi connectivity index (χ4n) is 2.81. The van der Waals surface area contributed by atoms with E-state index in [1.165, 1.54) is 6.92 Å². The number of Topliss-reactive ketones (excluding diaryl/α,β-unsaturated/α-hetero) is 1. The van der Waals surface area contributed by atoms with Crippen molar-refractivity contribution in [1.29, 1.82) is 0 Å². The van der Waals surface area contributed by atoms with Gasteiger partial charge in [0.15, 0.2) is 11.6 Å². The molecule has 0 fully saturated rings. The van der Waals surface area contributed by atoms with Gasteiger partial charge in [0.25, 0.3) is 0 Å². The number of benzene rings is 1. The minimum absolute atomic E-state index is 0.0509.